The van der Waals surface area contributed by atoms with E-state index in [0.717, 1.165) is 5.69 Å². The van der Waals surface area contributed by atoms with E-state index in [1.165, 1.54) is 0 Å². The van der Waals surface area contributed by atoms with Gasteiger partial charge in [-0.1, -0.05) is 22.8 Å². The Bertz CT molecular complexity index is 512. The highest BCUT2D eigenvalue weighted by molar-refractivity contribution is 6.30. The normalized spacial score (nSPS) is 10.9. The number of nitrogens with zero attached hydrogens (tertiary/aromatic N) is 3. The van der Waals surface area contributed by atoms with E-state index in [-0.39, 0.29) is 0 Å². The molecule has 0 aliphatic heterocycles. The fourth-order valence-corrected chi connectivity index (χ4v) is 1.68. The second-order valence-electron chi connectivity index (χ2n) is 4.21. The molecule has 2 rings (SSSR count). The molecule has 0 saturated heterocycles. The van der Waals surface area contributed by atoms with Gasteiger partial charge in [0.05, 0.1) is 13.1 Å². The highest BCUT2D eigenvalue weighted by Gasteiger charge is 2.06. The summed E-state index contributed by atoms with van der Waals surface area (Å²) in [7, 11) is 3.92. The van der Waals surface area contributed by atoms with Crippen molar-refractivity contribution in [2.24, 2.45) is 0 Å². The number of hydrogen-bond acceptors (Lipinski definition) is 5. The lowest BCUT2D eigenvalue weighted by Gasteiger charge is -2.04. The number of benzene rings is 1. The number of aromatic nitrogens is 2. The molecule has 0 unspecified atom stereocenters. The monoisotopic (exact) mass is 266 g/mol. The van der Waals surface area contributed by atoms with Gasteiger partial charge in [-0.15, -0.1) is 0 Å². The molecule has 96 valence electrons. The molecule has 0 spiro atoms. The Balaban J connectivity index is 1.92. The second kappa shape index (κ2) is 5.84. The van der Waals surface area contributed by atoms with Crippen molar-refractivity contribution in [3.05, 3.63) is 41.0 Å². The first-order chi connectivity index (χ1) is 8.63. The third-order valence-corrected chi connectivity index (χ3v) is 2.47. The van der Waals surface area contributed by atoms with E-state index in [2.05, 4.69) is 15.5 Å². The Kier molecular flexibility index (Phi) is 4.17. The quantitative estimate of drug-likeness (QED) is 0.901. The summed E-state index contributed by atoms with van der Waals surface area (Å²) < 4.78 is 5.13. The molecule has 0 aliphatic carbocycles. The van der Waals surface area contributed by atoms with Crippen LogP contribution in [0.3, 0.4) is 0 Å². The first kappa shape index (κ1) is 12.9. The molecule has 2 aromatic rings. The smallest absolute Gasteiger partial charge is 0.245 e. The van der Waals surface area contributed by atoms with Crippen LogP contribution in [0.15, 0.2) is 28.8 Å². The van der Waals surface area contributed by atoms with Crippen molar-refractivity contribution < 1.29 is 4.52 Å². The van der Waals surface area contributed by atoms with E-state index in [1.54, 1.807) is 0 Å². The molecule has 0 bridgehead atoms. The zero-order valence-electron chi connectivity index (χ0n) is 10.4. The van der Waals surface area contributed by atoms with Crippen LogP contribution < -0.4 is 5.32 Å². The third kappa shape index (κ3) is 3.72. The van der Waals surface area contributed by atoms with Crippen LogP contribution >= 0.6 is 11.6 Å². The van der Waals surface area contributed by atoms with Gasteiger partial charge in [-0.05, 0) is 32.3 Å². The average molecular weight is 267 g/mol. The molecule has 0 radical (unpaired) electrons. The van der Waals surface area contributed by atoms with E-state index < -0.39 is 0 Å². The number of rotatable bonds is 5. The van der Waals surface area contributed by atoms with Crippen molar-refractivity contribution >= 4 is 17.3 Å². The third-order valence-electron chi connectivity index (χ3n) is 2.24. The summed E-state index contributed by atoms with van der Waals surface area (Å²) in [6, 6.07) is 7.49. The van der Waals surface area contributed by atoms with E-state index >= 15 is 0 Å². The maximum atomic E-state index is 5.89. The largest absolute Gasteiger partial charge is 0.376 e. The van der Waals surface area contributed by atoms with Crippen molar-refractivity contribution in [1.29, 1.82) is 0 Å². The standard InChI is InChI=1S/C12H15ClN4O/c1-17(2)8-11-15-12(18-16-11)7-14-10-5-3-4-9(13)6-10/h3-6,14H,7-8H2,1-2H3. The number of hydrogen-bond donors (Lipinski definition) is 1. The number of anilines is 1. The van der Waals surface area contributed by atoms with Crippen LogP contribution in [0.4, 0.5) is 5.69 Å². The molecule has 1 heterocycles. The van der Waals surface area contributed by atoms with Crippen LogP contribution in [0.2, 0.25) is 5.02 Å². The summed E-state index contributed by atoms with van der Waals surface area (Å²) in [5.41, 5.74) is 0.926. The summed E-state index contributed by atoms with van der Waals surface area (Å²) in [4.78, 5) is 6.26. The van der Waals surface area contributed by atoms with Gasteiger partial charge >= 0.3 is 0 Å². The van der Waals surface area contributed by atoms with Gasteiger partial charge in [0, 0.05) is 10.7 Å². The summed E-state index contributed by atoms with van der Waals surface area (Å²) >= 11 is 5.89. The van der Waals surface area contributed by atoms with Gasteiger partial charge in [0.2, 0.25) is 5.89 Å². The van der Waals surface area contributed by atoms with Gasteiger partial charge in [-0.3, -0.25) is 0 Å². The molecule has 0 saturated carbocycles. The van der Waals surface area contributed by atoms with Crippen molar-refractivity contribution in [1.82, 2.24) is 15.0 Å². The Hall–Kier alpha value is -1.59. The van der Waals surface area contributed by atoms with Crippen LogP contribution in [0.25, 0.3) is 0 Å². The molecule has 0 amide bonds. The predicted octanol–water partition coefficient (Wildman–Crippen LogP) is 2.40. The van der Waals surface area contributed by atoms with Crippen molar-refractivity contribution in [3.63, 3.8) is 0 Å². The minimum atomic E-state index is 0.487. The molecular formula is C12H15ClN4O. The van der Waals surface area contributed by atoms with E-state index in [0.29, 0.717) is 29.8 Å². The molecule has 0 atom stereocenters. The zero-order chi connectivity index (χ0) is 13.0. The molecule has 0 fully saturated rings. The maximum absolute atomic E-state index is 5.89. The zero-order valence-corrected chi connectivity index (χ0v) is 11.1. The van der Waals surface area contributed by atoms with Gasteiger partial charge in [0.25, 0.3) is 0 Å². The molecular weight excluding hydrogens is 252 g/mol. The lowest BCUT2D eigenvalue weighted by atomic mass is 10.3. The lowest BCUT2D eigenvalue weighted by Crippen LogP contribution is -2.11. The molecule has 1 aromatic carbocycles. The highest BCUT2D eigenvalue weighted by Crippen LogP contribution is 2.15. The fourth-order valence-electron chi connectivity index (χ4n) is 1.49. The Labute approximate surface area is 111 Å². The summed E-state index contributed by atoms with van der Waals surface area (Å²) in [6.07, 6.45) is 0. The Morgan fingerprint density at radius 3 is 2.94 bits per heavy atom. The van der Waals surface area contributed by atoms with E-state index in [1.807, 2.05) is 43.3 Å². The predicted molar refractivity (Wildman–Crippen MR) is 70.5 cm³/mol. The van der Waals surface area contributed by atoms with E-state index in [4.69, 9.17) is 16.1 Å². The summed E-state index contributed by atoms with van der Waals surface area (Å²) in [5.74, 6) is 1.25. The second-order valence-corrected chi connectivity index (χ2v) is 4.64. The van der Waals surface area contributed by atoms with Crippen LogP contribution in [-0.2, 0) is 13.1 Å². The molecule has 1 aromatic heterocycles. The molecule has 5 nitrogen and oxygen atoms in total. The molecule has 6 heteroatoms. The fraction of sp³-hybridized carbons (Fsp3) is 0.333. The van der Waals surface area contributed by atoms with Gasteiger partial charge in [0.15, 0.2) is 5.82 Å². The van der Waals surface area contributed by atoms with Crippen LogP contribution in [-0.4, -0.2) is 29.1 Å². The van der Waals surface area contributed by atoms with Crippen molar-refractivity contribution in [3.8, 4) is 0 Å². The topological polar surface area (TPSA) is 54.2 Å². The molecule has 0 aliphatic rings. The Morgan fingerprint density at radius 1 is 1.39 bits per heavy atom. The minimum absolute atomic E-state index is 0.487. The number of nitrogens with one attached hydrogen (secondary N) is 1. The van der Waals surface area contributed by atoms with Gasteiger partial charge in [-0.2, -0.15) is 4.98 Å². The van der Waals surface area contributed by atoms with Crippen molar-refractivity contribution in [2.45, 2.75) is 13.1 Å². The number of halogens is 1. The van der Waals surface area contributed by atoms with Gasteiger partial charge in [-0.25, -0.2) is 0 Å². The SMILES string of the molecule is CN(C)Cc1noc(CNc2cccc(Cl)c2)n1. The maximum Gasteiger partial charge on any atom is 0.245 e. The summed E-state index contributed by atoms with van der Waals surface area (Å²) in [6.45, 7) is 1.15. The lowest BCUT2D eigenvalue weighted by molar-refractivity contribution is 0.351. The molecule has 18 heavy (non-hydrogen) atoms. The van der Waals surface area contributed by atoms with Gasteiger partial charge in [0.1, 0.15) is 0 Å². The van der Waals surface area contributed by atoms with E-state index in [9.17, 15) is 0 Å². The molecule has 1 N–H and O–H groups in total. The van der Waals surface area contributed by atoms with Crippen molar-refractivity contribution in [2.75, 3.05) is 19.4 Å². The van der Waals surface area contributed by atoms with Crippen LogP contribution in [0.1, 0.15) is 11.7 Å². The summed E-state index contributed by atoms with van der Waals surface area (Å²) in [5, 5.41) is 7.76. The average Bonchev–Trinajstić information content (AvgIpc) is 2.73. The van der Waals surface area contributed by atoms with Gasteiger partial charge < -0.3 is 14.7 Å². The first-order valence-corrected chi connectivity index (χ1v) is 5.97. The highest BCUT2D eigenvalue weighted by atomic mass is 35.5. The van der Waals surface area contributed by atoms with Crippen LogP contribution in [0.5, 0.6) is 0 Å². The first-order valence-electron chi connectivity index (χ1n) is 5.59. The Morgan fingerprint density at radius 2 is 2.22 bits per heavy atom. The van der Waals surface area contributed by atoms with Crippen LogP contribution in [0, 0.1) is 0 Å². The minimum Gasteiger partial charge on any atom is -0.376 e.